The first-order valence-corrected chi connectivity index (χ1v) is 6.91. The standard InChI is InChI=1S/C13H17ClFN3O2/c1-17-4-2-9(3-5-17)8-16-12-6-10(14)11(15)7-13(12)18(19)20/h6-7,9,16H,2-5,8H2,1H3. The van der Waals surface area contributed by atoms with Gasteiger partial charge in [0, 0.05) is 6.54 Å². The summed E-state index contributed by atoms with van der Waals surface area (Å²) in [5, 5.41) is 13.9. The number of hydrogen-bond acceptors (Lipinski definition) is 4. The Bertz CT molecular complexity index is 505. The molecule has 0 saturated carbocycles. The van der Waals surface area contributed by atoms with Crippen LogP contribution in [0.2, 0.25) is 5.02 Å². The monoisotopic (exact) mass is 301 g/mol. The average Bonchev–Trinajstić information content (AvgIpc) is 2.41. The summed E-state index contributed by atoms with van der Waals surface area (Å²) in [4.78, 5) is 12.6. The van der Waals surface area contributed by atoms with E-state index in [4.69, 9.17) is 11.6 Å². The third kappa shape index (κ3) is 3.58. The zero-order valence-corrected chi connectivity index (χ0v) is 12.0. The molecule has 1 heterocycles. The van der Waals surface area contributed by atoms with Crippen LogP contribution in [-0.4, -0.2) is 36.5 Å². The van der Waals surface area contributed by atoms with Gasteiger partial charge in [-0.05, 0) is 45.0 Å². The van der Waals surface area contributed by atoms with E-state index in [1.165, 1.54) is 6.07 Å². The molecule has 1 N–H and O–H groups in total. The molecule has 0 amide bonds. The Balaban J connectivity index is 2.05. The SMILES string of the molecule is CN1CCC(CNc2cc(Cl)c(F)cc2[N+](=O)[O-])CC1. The summed E-state index contributed by atoms with van der Waals surface area (Å²) in [5.41, 5.74) is 0.000144. The van der Waals surface area contributed by atoms with Gasteiger partial charge in [-0.25, -0.2) is 4.39 Å². The number of nitrogens with one attached hydrogen (secondary N) is 1. The molecule has 2 rings (SSSR count). The molecular weight excluding hydrogens is 285 g/mol. The number of halogens is 2. The second kappa shape index (κ2) is 6.37. The molecule has 5 nitrogen and oxygen atoms in total. The van der Waals surface area contributed by atoms with Gasteiger partial charge in [-0.2, -0.15) is 0 Å². The lowest BCUT2D eigenvalue weighted by molar-refractivity contribution is -0.384. The molecule has 0 atom stereocenters. The van der Waals surface area contributed by atoms with Crippen LogP contribution < -0.4 is 5.32 Å². The summed E-state index contributed by atoms with van der Waals surface area (Å²) < 4.78 is 13.3. The Kier molecular flexibility index (Phi) is 4.77. The van der Waals surface area contributed by atoms with Gasteiger partial charge in [0.25, 0.3) is 5.69 Å². The van der Waals surface area contributed by atoms with Crippen molar-refractivity contribution in [3.8, 4) is 0 Å². The van der Waals surface area contributed by atoms with Gasteiger partial charge >= 0.3 is 0 Å². The van der Waals surface area contributed by atoms with Crippen LogP contribution in [0, 0.1) is 21.8 Å². The largest absolute Gasteiger partial charge is 0.379 e. The lowest BCUT2D eigenvalue weighted by Gasteiger charge is -2.29. The van der Waals surface area contributed by atoms with E-state index < -0.39 is 10.7 Å². The molecule has 0 radical (unpaired) electrons. The number of benzene rings is 1. The highest BCUT2D eigenvalue weighted by molar-refractivity contribution is 6.31. The summed E-state index contributed by atoms with van der Waals surface area (Å²) in [7, 11) is 2.08. The molecule has 1 aromatic rings. The first kappa shape index (κ1) is 15.0. The first-order chi connectivity index (χ1) is 9.47. The quantitative estimate of drug-likeness (QED) is 0.685. The minimum atomic E-state index is -0.775. The molecule has 0 unspecified atom stereocenters. The van der Waals surface area contributed by atoms with Gasteiger partial charge < -0.3 is 10.2 Å². The van der Waals surface area contributed by atoms with Crippen molar-refractivity contribution in [3.63, 3.8) is 0 Å². The van der Waals surface area contributed by atoms with Crippen molar-refractivity contribution < 1.29 is 9.31 Å². The number of hydrogen-bond donors (Lipinski definition) is 1. The zero-order valence-electron chi connectivity index (χ0n) is 11.2. The van der Waals surface area contributed by atoms with Crippen LogP contribution in [0.4, 0.5) is 15.8 Å². The van der Waals surface area contributed by atoms with E-state index in [1.807, 2.05) is 0 Å². The number of likely N-dealkylation sites (tertiary alicyclic amines) is 1. The van der Waals surface area contributed by atoms with E-state index in [9.17, 15) is 14.5 Å². The van der Waals surface area contributed by atoms with Gasteiger partial charge in [0.1, 0.15) is 11.5 Å². The highest BCUT2D eigenvalue weighted by Crippen LogP contribution is 2.30. The molecule has 7 heteroatoms. The molecule has 1 fully saturated rings. The molecule has 110 valence electrons. The van der Waals surface area contributed by atoms with Crippen molar-refractivity contribution in [1.82, 2.24) is 4.90 Å². The van der Waals surface area contributed by atoms with Crippen molar-refractivity contribution in [2.75, 3.05) is 32.0 Å². The fraction of sp³-hybridized carbons (Fsp3) is 0.538. The molecule has 20 heavy (non-hydrogen) atoms. The molecule has 1 aromatic carbocycles. The van der Waals surface area contributed by atoms with Crippen molar-refractivity contribution >= 4 is 23.0 Å². The summed E-state index contributed by atoms with van der Waals surface area (Å²) in [5.74, 6) is -0.308. The molecule has 1 saturated heterocycles. The second-order valence-corrected chi connectivity index (χ2v) is 5.58. The Hall–Kier alpha value is -1.40. The van der Waals surface area contributed by atoms with Gasteiger partial charge in [-0.3, -0.25) is 10.1 Å². The maximum absolute atomic E-state index is 13.3. The van der Waals surface area contributed by atoms with Crippen LogP contribution in [0.25, 0.3) is 0 Å². The zero-order chi connectivity index (χ0) is 14.7. The van der Waals surface area contributed by atoms with E-state index in [0.717, 1.165) is 32.0 Å². The minimum Gasteiger partial charge on any atom is -0.379 e. The Labute approximate surface area is 121 Å². The number of piperidine rings is 1. The molecule has 0 aromatic heterocycles. The Morgan fingerprint density at radius 3 is 2.75 bits per heavy atom. The average molecular weight is 302 g/mol. The highest BCUT2D eigenvalue weighted by atomic mass is 35.5. The minimum absolute atomic E-state index is 0.110. The van der Waals surface area contributed by atoms with Crippen LogP contribution in [0.5, 0.6) is 0 Å². The van der Waals surface area contributed by atoms with Crippen molar-refractivity contribution in [1.29, 1.82) is 0 Å². The second-order valence-electron chi connectivity index (χ2n) is 5.17. The van der Waals surface area contributed by atoms with Crippen LogP contribution in [0.15, 0.2) is 12.1 Å². The fourth-order valence-electron chi connectivity index (χ4n) is 2.35. The number of nitro benzene ring substituents is 1. The topological polar surface area (TPSA) is 58.4 Å². The van der Waals surface area contributed by atoms with E-state index in [-0.39, 0.29) is 16.4 Å². The maximum Gasteiger partial charge on any atom is 0.295 e. The van der Waals surface area contributed by atoms with Gasteiger partial charge in [0.05, 0.1) is 16.0 Å². The molecular formula is C13H17ClFN3O2. The molecule has 1 aliphatic rings. The lowest BCUT2D eigenvalue weighted by atomic mass is 9.97. The highest BCUT2D eigenvalue weighted by Gasteiger charge is 2.20. The summed E-state index contributed by atoms with van der Waals surface area (Å²) >= 11 is 5.69. The molecule has 0 aliphatic carbocycles. The third-order valence-corrected chi connectivity index (χ3v) is 3.94. The van der Waals surface area contributed by atoms with E-state index in [1.54, 1.807) is 0 Å². The lowest BCUT2D eigenvalue weighted by Crippen LogP contribution is -2.33. The molecule has 0 spiro atoms. The molecule has 1 aliphatic heterocycles. The van der Waals surface area contributed by atoms with Gasteiger partial charge in [0.2, 0.25) is 0 Å². The number of nitrogens with zero attached hydrogens (tertiary/aromatic N) is 2. The first-order valence-electron chi connectivity index (χ1n) is 6.53. The predicted octanol–water partition coefficient (Wildman–Crippen LogP) is 3.14. The van der Waals surface area contributed by atoms with Crippen LogP contribution >= 0.6 is 11.6 Å². The summed E-state index contributed by atoms with van der Waals surface area (Å²) in [6, 6.07) is 2.14. The summed E-state index contributed by atoms with van der Waals surface area (Å²) in [6.07, 6.45) is 2.10. The predicted molar refractivity (Wildman–Crippen MR) is 76.8 cm³/mol. The third-order valence-electron chi connectivity index (χ3n) is 3.65. The van der Waals surface area contributed by atoms with Gasteiger partial charge in [0.15, 0.2) is 0 Å². The molecule has 0 bridgehead atoms. The normalized spacial score (nSPS) is 17.1. The number of anilines is 1. The van der Waals surface area contributed by atoms with E-state index in [2.05, 4.69) is 17.3 Å². The Morgan fingerprint density at radius 2 is 2.15 bits per heavy atom. The van der Waals surface area contributed by atoms with Crippen LogP contribution in [0.3, 0.4) is 0 Å². The van der Waals surface area contributed by atoms with Crippen LogP contribution in [-0.2, 0) is 0 Å². The van der Waals surface area contributed by atoms with Gasteiger partial charge in [-0.15, -0.1) is 0 Å². The van der Waals surface area contributed by atoms with Crippen molar-refractivity contribution in [3.05, 3.63) is 33.1 Å². The number of nitro groups is 1. The maximum atomic E-state index is 13.3. The van der Waals surface area contributed by atoms with Crippen molar-refractivity contribution in [2.24, 2.45) is 5.92 Å². The summed E-state index contributed by atoms with van der Waals surface area (Å²) in [6.45, 7) is 2.69. The number of rotatable bonds is 4. The fourth-order valence-corrected chi connectivity index (χ4v) is 2.51. The van der Waals surface area contributed by atoms with E-state index >= 15 is 0 Å². The smallest absolute Gasteiger partial charge is 0.295 e. The van der Waals surface area contributed by atoms with Gasteiger partial charge in [-0.1, -0.05) is 11.6 Å². The van der Waals surface area contributed by atoms with Crippen molar-refractivity contribution in [2.45, 2.75) is 12.8 Å². The van der Waals surface area contributed by atoms with Crippen LogP contribution in [0.1, 0.15) is 12.8 Å². The van der Waals surface area contributed by atoms with E-state index in [0.29, 0.717) is 12.5 Å². The Morgan fingerprint density at radius 1 is 1.50 bits per heavy atom.